The van der Waals surface area contributed by atoms with Crippen LogP contribution in [0.4, 0.5) is 0 Å². The molecule has 0 aromatic rings. The van der Waals surface area contributed by atoms with Gasteiger partial charge >= 0.3 is 0 Å². The number of nitrogens with two attached hydrogens (primary N) is 1. The van der Waals surface area contributed by atoms with Gasteiger partial charge in [0.1, 0.15) is 0 Å². The van der Waals surface area contributed by atoms with Gasteiger partial charge in [0, 0.05) is 18.0 Å². The van der Waals surface area contributed by atoms with Crippen LogP contribution in [0.15, 0.2) is 0 Å². The van der Waals surface area contributed by atoms with Gasteiger partial charge in [0.25, 0.3) is 0 Å². The van der Waals surface area contributed by atoms with Crippen LogP contribution in [-0.2, 0) is 4.79 Å². The van der Waals surface area contributed by atoms with Crippen LogP contribution in [0.1, 0.15) is 59.3 Å². The monoisotopic (exact) mass is 226 g/mol. The minimum absolute atomic E-state index is 0.123. The second-order valence-corrected chi connectivity index (χ2v) is 5.84. The first-order valence-corrected chi connectivity index (χ1v) is 6.49. The maximum absolute atomic E-state index is 11.8. The van der Waals surface area contributed by atoms with Gasteiger partial charge in [-0.2, -0.15) is 0 Å². The van der Waals surface area contributed by atoms with Crippen molar-refractivity contribution >= 4 is 5.91 Å². The molecule has 1 amide bonds. The van der Waals surface area contributed by atoms with Gasteiger partial charge in [0.05, 0.1) is 0 Å². The van der Waals surface area contributed by atoms with E-state index in [1.165, 1.54) is 12.8 Å². The number of hydrogen-bond donors (Lipinski definition) is 2. The van der Waals surface area contributed by atoms with Gasteiger partial charge in [-0.1, -0.05) is 26.7 Å². The molecule has 0 bridgehead atoms. The summed E-state index contributed by atoms with van der Waals surface area (Å²) in [7, 11) is 0. The molecule has 3 heteroatoms. The summed E-state index contributed by atoms with van der Waals surface area (Å²) >= 11 is 0. The van der Waals surface area contributed by atoms with Gasteiger partial charge in [-0.3, -0.25) is 4.79 Å². The van der Waals surface area contributed by atoms with Gasteiger partial charge < -0.3 is 11.1 Å². The maximum Gasteiger partial charge on any atom is 0.222 e. The summed E-state index contributed by atoms with van der Waals surface area (Å²) < 4.78 is 0. The summed E-state index contributed by atoms with van der Waals surface area (Å²) in [4.78, 5) is 11.8. The summed E-state index contributed by atoms with van der Waals surface area (Å²) in [5.74, 6) is 0.742. The molecule has 0 spiro atoms. The van der Waals surface area contributed by atoms with E-state index in [1.54, 1.807) is 0 Å². The molecule has 0 heterocycles. The third-order valence-electron chi connectivity index (χ3n) is 3.34. The van der Waals surface area contributed by atoms with Gasteiger partial charge in [-0.25, -0.2) is 0 Å². The highest BCUT2D eigenvalue weighted by atomic mass is 16.1. The molecule has 94 valence electrons. The highest BCUT2D eigenvalue weighted by Crippen LogP contribution is 2.29. The van der Waals surface area contributed by atoms with E-state index in [2.05, 4.69) is 26.1 Å². The van der Waals surface area contributed by atoms with Crippen molar-refractivity contribution in [2.24, 2.45) is 11.7 Å². The molecular formula is C13H26N2O. The van der Waals surface area contributed by atoms with Gasteiger partial charge in [0.15, 0.2) is 0 Å². The van der Waals surface area contributed by atoms with Crippen molar-refractivity contribution in [1.29, 1.82) is 0 Å². The summed E-state index contributed by atoms with van der Waals surface area (Å²) in [6.07, 6.45) is 5.87. The molecule has 0 radical (unpaired) electrons. The van der Waals surface area contributed by atoms with Crippen molar-refractivity contribution in [3.8, 4) is 0 Å². The highest BCUT2D eigenvalue weighted by Gasteiger charge is 2.31. The Hall–Kier alpha value is -0.570. The fraction of sp³-hybridized carbons (Fsp3) is 0.923. The topological polar surface area (TPSA) is 55.1 Å². The Morgan fingerprint density at radius 3 is 2.38 bits per heavy atom. The molecule has 3 N–H and O–H groups in total. The van der Waals surface area contributed by atoms with Crippen LogP contribution < -0.4 is 11.1 Å². The molecule has 3 nitrogen and oxygen atoms in total. The second kappa shape index (κ2) is 5.67. The summed E-state index contributed by atoms with van der Waals surface area (Å²) in [6, 6.07) is 0.262. The van der Waals surface area contributed by atoms with Crippen LogP contribution >= 0.6 is 0 Å². The van der Waals surface area contributed by atoms with E-state index in [-0.39, 0.29) is 17.5 Å². The Morgan fingerprint density at radius 2 is 1.88 bits per heavy atom. The molecule has 0 aliphatic heterocycles. The van der Waals surface area contributed by atoms with Gasteiger partial charge in [0.2, 0.25) is 5.91 Å². The molecule has 1 fully saturated rings. The van der Waals surface area contributed by atoms with E-state index in [0.29, 0.717) is 12.3 Å². The Morgan fingerprint density at radius 1 is 1.31 bits per heavy atom. The van der Waals surface area contributed by atoms with Gasteiger partial charge in [-0.15, -0.1) is 0 Å². The zero-order valence-electron chi connectivity index (χ0n) is 10.9. The molecule has 1 aliphatic carbocycles. The molecule has 0 saturated heterocycles. The van der Waals surface area contributed by atoms with E-state index in [4.69, 9.17) is 5.73 Å². The van der Waals surface area contributed by atoms with Crippen molar-refractivity contribution in [2.45, 2.75) is 70.9 Å². The van der Waals surface area contributed by atoms with Crippen molar-refractivity contribution in [2.75, 3.05) is 0 Å². The summed E-state index contributed by atoms with van der Waals surface area (Å²) in [5.41, 5.74) is 5.96. The predicted molar refractivity (Wildman–Crippen MR) is 67.1 cm³/mol. The Balaban J connectivity index is 2.29. The zero-order chi connectivity index (χ0) is 12.2. The SMILES string of the molecule is CC(C)CC(C)NC(=O)CC1(N)CCCC1. The minimum Gasteiger partial charge on any atom is -0.354 e. The smallest absolute Gasteiger partial charge is 0.222 e. The Bertz CT molecular complexity index is 232. The number of carbonyl (C=O) groups is 1. The molecule has 1 aliphatic rings. The Labute approximate surface area is 99.2 Å². The molecule has 1 saturated carbocycles. The fourth-order valence-corrected chi connectivity index (χ4v) is 2.67. The van der Waals surface area contributed by atoms with Crippen molar-refractivity contribution in [1.82, 2.24) is 5.32 Å². The molecule has 1 unspecified atom stereocenters. The van der Waals surface area contributed by atoms with E-state index in [1.807, 2.05) is 0 Å². The molecule has 1 atom stereocenters. The molecule has 0 aromatic carbocycles. The second-order valence-electron chi connectivity index (χ2n) is 5.84. The lowest BCUT2D eigenvalue weighted by Crippen LogP contribution is -2.44. The molecular weight excluding hydrogens is 200 g/mol. The van der Waals surface area contributed by atoms with Gasteiger partial charge in [-0.05, 0) is 32.1 Å². The first kappa shape index (κ1) is 13.5. The maximum atomic E-state index is 11.8. The predicted octanol–water partition coefficient (Wildman–Crippen LogP) is 2.20. The highest BCUT2D eigenvalue weighted by molar-refractivity contribution is 5.77. The van der Waals surface area contributed by atoms with Crippen LogP contribution in [0.2, 0.25) is 0 Å². The van der Waals surface area contributed by atoms with Crippen molar-refractivity contribution in [3.05, 3.63) is 0 Å². The van der Waals surface area contributed by atoms with E-state index in [9.17, 15) is 4.79 Å². The average molecular weight is 226 g/mol. The fourth-order valence-electron chi connectivity index (χ4n) is 2.67. The number of amides is 1. The number of carbonyl (C=O) groups excluding carboxylic acids is 1. The standard InChI is InChI=1S/C13H26N2O/c1-10(2)8-11(3)15-12(16)9-13(14)6-4-5-7-13/h10-11H,4-9,14H2,1-3H3,(H,15,16). The quantitative estimate of drug-likeness (QED) is 0.755. The largest absolute Gasteiger partial charge is 0.354 e. The van der Waals surface area contributed by atoms with E-state index < -0.39 is 0 Å². The lowest BCUT2D eigenvalue weighted by molar-refractivity contribution is -0.122. The number of hydrogen-bond acceptors (Lipinski definition) is 2. The molecule has 16 heavy (non-hydrogen) atoms. The lowest BCUT2D eigenvalue weighted by atomic mass is 9.94. The first-order chi connectivity index (χ1) is 7.41. The van der Waals surface area contributed by atoms with Crippen LogP contribution in [0.25, 0.3) is 0 Å². The van der Waals surface area contributed by atoms with Crippen molar-refractivity contribution < 1.29 is 4.79 Å². The number of nitrogens with one attached hydrogen (secondary N) is 1. The molecule has 0 aromatic heterocycles. The third-order valence-corrected chi connectivity index (χ3v) is 3.34. The Kier molecular flexibility index (Phi) is 4.78. The third kappa shape index (κ3) is 4.52. The number of rotatable bonds is 5. The van der Waals surface area contributed by atoms with Crippen molar-refractivity contribution in [3.63, 3.8) is 0 Å². The van der Waals surface area contributed by atoms with Crippen LogP contribution in [0, 0.1) is 5.92 Å². The average Bonchev–Trinajstić information content (AvgIpc) is 2.48. The summed E-state index contributed by atoms with van der Waals surface area (Å²) in [5, 5.41) is 3.04. The first-order valence-electron chi connectivity index (χ1n) is 6.49. The normalized spacial score (nSPS) is 21.1. The molecule has 1 rings (SSSR count). The van der Waals surface area contributed by atoms with Crippen LogP contribution in [0.3, 0.4) is 0 Å². The van der Waals surface area contributed by atoms with Crippen LogP contribution in [0.5, 0.6) is 0 Å². The summed E-state index contributed by atoms with van der Waals surface area (Å²) in [6.45, 7) is 6.41. The van der Waals surface area contributed by atoms with E-state index >= 15 is 0 Å². The van der Waals surface area contributed by atoms with E-state index in [0.717, 1.165) is 19.3 Å². The lowest BCUT2D eigenvalue weighted by Gasteiger charge is -2.24. The van der Waals surface area contributed by atoms with Crippen LogP contribution in [-0.4, -0.2) is 17.5 Å². The minimum atomic E-state index is -0.221. The zero-order valence-corrected chi connectivity index (χ0v) is 10.9.